The molecule has 0 radical (unpaired) electrons. The Morgan fingerprint density at radius 1 is 1.38 bits per heavy atom. The van der Waals surface area contributed by atoms with Crippen LogP contribution in [0.2, 0.25) is 0 Å². The van der Waals surface area contributed by atoms with Gasteiger partial charge in [-0.3, -0.25) is 9.78 Å². The van der Waals surface area contributed by atoms with Gasteiger partial charge in [-0.2, -0.15) is 0 Å². The van der Waals surface area contributed by atoms with Crippen LogP contribution >= 0.6 is 31.9 Å². The van der Waals surface area contributed by atoms with Crippen molar-refractivity contribution in [2.75, 3.05) is 0 Å². The second kappa shape index (κ2) is 4.93. The molecule has 0 atom stereocenters. The Balaban J connectivity index is 2.17. The molecule has 3 nitrogen and oxygen atoms in total. The number of carbonyl (C=O) groups is 1. The molecule has 2 heterocycles. The Morgan fingerprint density at radius 2 is 2.19 bits per heavy atom. The number of rotatable bonds is 3. The van der Waals surface area contributed by atoms with E-state index >= 15 is 0 Å². The fourth-order valence-corrected chi connectivity index (χ4v) is 2.20. The van der Waals surface area contributed by atoms with Gasteiger partial charge in [-0.05, 0) is 49.6 Å². The van der Waals surface area contributed by atoms with Crippen molar-refractivity contribution in [3.63, 3.8) is 0 Å². The molecule has 0 spiro atoms. The van der Waals surface area contributed by atoms with Gasteiger partial charge in [-0.1, -0.05) is 0 Å². The summed E-state index contributed by atoms with van der Waals surface area (Å²) in [4.78, 5) is 15.9. The van der Waals surface area contributed by atoms with Crippen molar-refractivity contribution in [2.45, 2.75) is 6.42 Å². The van der Waals surface area contributed by atoms with Crippen LogP contribution < -0.4 is 0 Å². The molecular formula is C11H7Br2NO2. The summed E-state index contributed by atoms with van der Waals surface area (Å²) in [6, 6.07) is 3.52. The maximum absolute atomic E-state index is 11.9. The summed E-state index contributed by atoms with van der Waals surface area (Å²) in [6.07, 6.45) is 5.15. The van der Waals surface area contributed by atoms with E-state index in [1.165, 1.54) is 6.26 Å². The number of halogens is 2. The zero-order valence-electron chi connectivity index (χ0n) is 8.11. The number of hydrogen-bond acceptors (Lipinski definition) is 3. The summed E-state index contributed by atoms with van der Waals surface area (Å²) in [5, 5.41) is 0. The maximum Gasteiger partial charge on any atom is 0.179 e. The summed E-state index contributed by atoms with van der Waals surface area (Å²) in [5.41, 5.74) is 1.42. The van der Waals surface area contributed by atoms with Gasteiger partial charge >= 0.3 is 0 Å². The van der Waals surface area contributed by atoms with Crippen LogP contribution in [0.1, 0.15) is 15.9 Å². The topological polar surface area (TPSA) is 43.1 Å². The molecule has 0 amide bonds. The van der Waals surface area contributed by atoms with E-state index in [-0.39, 0.29) is 5.78 Å². The number of hydrogen-bond donors (Lipinski definition) is 0. The lowest BCUT2D eigenvalue weighted by Gasteiger charge is -1.99. The van der Waals surface area contributed by atoms with Crippen LogP contribution in [0.3, 0.4) is 0 Å². The van der Waals surface area contributed by atoms with Gasteiger partial charge < -0.3 is 4.42 Å². The minimum absolute atomic E-state index is 0.000486. The highest BCUT2D eigenvalue weighted by Crippen LogP contribution is 2.20. The molecular weight excluding hydrogens is 338 g/mol. The molecule has 16 heavy (non-hydrogen) atoms. The van der Waals surface area contributed by atoms with Crippen molar-refractivity contribution in [2.24, 2.45) is 0 Å². The first-order valence-electron chi connectivity index (χ1n) is 4.52. The van der Waals surface area contributed by atoms with Crippen molar-refractivity contribution >= 4 is 37.6 Å². The number of Topliss-reactive ketones (excluding diaryl/α,β-unsaturated/α-hetero) is 1. The minimum Gasteiger partial charge on any atom is -0.457 e. The van der Waals surface area contributed by atoms with Gasteiger partial charge in [-0.15, -0.1) is 0 Å². The maximum atomic E-state index is 11.9. The van der Waals surface area contributed by atoms with E-state index in [0.29, 0.717) is 16.7 Å². The third-order valence-electron chi connectivity index (χ3n) is 2.04. The lowest BCUT2D eigenvalue weighted by Crippen LogP contribution is -2.03. The first-order chi connectivity index (χ1) is 7.66. The molecule has 2 aromatic rings. The quantitative estimate of drug-likeness (QED) is 0.798. The van der Waals surface area contributed by atoms with Gasteiger partial charge in [-0.25, -0.2) is 0 Å². The van der Waals surface area contributed by atoms with E-state index in [1.54, 1.807) is 18.5 Å². The third kappa shape index (κ3) is 2.59. The fourth-order valence-electron chi connectivity index (χ4n) is 1.33. The SMILES string of the molecule is O=C(Cc1cncc(Br)c1)c1ccoc1Br. The highest BCUT2D eigenvalue weighted by atomic mass is 79.9. The molecule has 0 fully saturated rings. The second-order valence-corrected chi connectivity index (χ2v) is 4.86. The third-order valence-corrected chi connectivity index (χ3v) is 3.09. The molecule has 0 bridgehead atoms. The first-order valence-corrected chi connectivity index (χ1v) is 6.11. The van der Waals surface area contributed by atoms with Crippen LogP contribution in [-0.4, -0.2) is 10.8 Å². The highest BCUT2D eigenvalue weighted by molar-refractivity contribution is 9.10. The molecule has 0 saturated carbocycles. The molecule has 2 rings (SSSR count). The summed E-state index contributed by atoms with van der Waals surface area (Å²) in [6.45, 7) is 0. The normalized spacial score (nSPS) is 10.4. The van der Waals surface area contributed by atoms with Crippen molar-refractivity contribution in [3.8, 4) is 0 Å². The number of carbonyl (C=O) groups excluding carboxylic acids is 1. The average molecular weight is 345 g/mol. The number of nitrogens with zero attached hydrogens (tertiary/aromatic N) is 1. The van der Waals surface area contributed by atoms with Crippen molar-refractivity contribution in [3.05, 3.63) is 51.1 Å². The van der Waals surface area contributed by atoms with Crippen LogP contribution in [0.15, 0.2) is 44.3 Å². The second-order valence-electron chi connectivity index (χ2n) is 3.22. The Labute approximate surface area is 109 Å². The van der Waals surface area contributed by atoms with E-state index in [4.69, 9.17) is 4.42 Å². The van der Waals surface area contributed by atoms with Crippen LogP contribution in [0, 0.1) is 0 Å². The van der Waals surface area contributed by atoms with Crippen LogP contribution in [0.4, 0.5) is 0 Å². The Kier molecular flexibility index (Phi) is 3.56. The lowest BCUT2D eigenvalue weighted by molar-refractivity contribution is 0.0991. The van der Waals surface area contributed by atoms with Gasteiger partial charge in [0, 0.05) is 23.3 Å². The zero-order chi connectivity index (χ0) is 11.5. The number of ketones is 1. The Morgan fingerprint density at radius 3 is 2.81 bits per heavy atom. The summed E-state index contributed by atoms with van der Waals surface area (Å²) < 4.78 is 6.36. The number of aromatic nitrogens is 1. The minimum atomic E-state index is 0.000486. The monoisotopic (exact) mass is 343 g/mol. The van der Waals surface area contributed by atoms with E-state index in [9.17, 15) is 4.79 Å². The predicted molar refractivity (Wildman–Crippen MR) is 66.4 cm³/mol. The number of furan rings is 1. The van der Waals surface area contributed by atoms with E-state index in [0.717, 1.165) is 10.0 Å². The summed E-state index contributed by atoms with van der Waals surface area (Å²) >= 11 is 6.50. The molecule has 0 saturated heterocycles. The smallest absolute Gasteiger partial charge is 0.179 e. The molecule has 0 N–H and O–H groups in total. The zero-order valence-corrected chi connectivity index (χ0v) is 11.3. The summed E-state index contributed by atoms with van der Waals surface area (Å²) in [7, 11) is 0. The van der Waals surface area contributed by atoms with Crippen molar-refractivity contribution in [1.82, 2.24) is 4.98 Å². The van der Waals surface area contributed by atoms with Crippen LogP contribution in [-0.2, 0) is 6.42 Å². The van der Waals surface area contributed by atoms with Gasteiger partial charge in [0.05, 0.1) is 11.8 Å². The van der Waals surface area contributed by atoms with Gasteiger partial charge in [0.15, 0.2) is 10.5 Å². The van der Waals surface area contributed by atoms with Gasteiger partial charge in [0.2, 0.25) is 0 Å². The van der Waals surface area contributed by atoms with Gasteiger partial charge in [0.25, 0.3) is 0 Å². The molecule has 0 unspecified atom stereocenters. The van der Waals surface area contributed by atoms with Crippen LogP contribution in [0.5, 0.6) is 0 Å². The fraction of sp³-hybridized carbons (Fsp3) is 0.0909. The van der Waals surface area contributed by atoms with Crippen molar-refractivity contribution in [1.29, 1.82) is 0 Å². The standard InChI is InChI=1S/C11H7Br2NO2/c12-8-3-7(5-14-6-8)4-10(15)9-1-2-16-11(9)13/h1-3,5-6H,4H2. The molecule has 0 aliphatic rings. The van der Waals surface area contributed by atoms with Crippen molar-refractivity contribution < 1.29 is 9.21 Å². The molecule has 0 aliphatic heterocycles. The predicted octanol–water partition coefficient (Wildman–Crippen LogP) is 3.63. The van der Waals surface area contributed by atoms with Gasteiger partial charge in [0.1, 0.15) is 0 Å². The Bertz CT molecular complexity index is 522. The molecule has 2 aromatic heterocycles. The molecule has 0 aliphatic carbocycles. The average Bonchev–Trinajstić information content (AvgIpc) is 2.64. The molecule has 0 aromatic carbocycles. The van der Waals surface area contributed by atoms with E-state index < -0.39 is 0 Å². The van der Waals surface area contributed by atoms with Crippen LogP contribution in [0.25, 0.3) is 0 Å². The largest absolute Gasteiger partial charge is 0.457 e. The number of pyridine rings is 1. The Hall–Kier alpha value is -0.940. The van der Waals surface area contributed by atoms with E-state index in [2.05, 4.69) is 36.8 Å². The highest BCUT2D eigenvalue weighted by Gasteiger charge is 2.13. The first kappa shape index (κ1) is 11.5. The molecule has 5 heteroatoms. The lowest BCUT2D eigenvalue weighted by atomic mass is 10.1. The van der Waals surface area contributed by atoms with E-state index in [1.807, 2.05) is 6.07 Å². The summed E-state index contributed by atoms with van der Waals surface area (Å²) in [5.74, 6) is 0.000486. The molecule has 82 valence electrons.